The van der Waals surface area contributed by atoms with Gasteiger partial charge in [-0.25, -0.2) is 9.78 Å². The predicted molar refractivity (Wildman–Crippen MR) is 95.3 cm³/mol. The number of H-pyrrole nitrogens is 1. The van der Waals surface area contributed by atoms with Gasteiger partial charge in [0.15, 0.2) is 5.78 Å². The molecule has 28 heavy (non-hydrogen) atoms. The van der Waals surface area contributed by atoms with Gasteiger partial charge in [0, 0.05) is 5.69 Å². The predicted octanol–water partition coefficient (Wildman–Crippen LogP) is 4.06. The fraction of sp³-hybridized carbons (Fsp3) is 0.316. The van der Waals surface area contributed by atoms with Crippen molar-refractivity contribution in [1.82, 2.24) is 14.5 Å². The van der Waals surface area contributed by atoms with E-state index >= 15 is 0 Å². The Morgan fingerprint density at radius 1 is 1.21 bits per heavy atom. The number of imidazole rings is 1. The number of para-hydroxylation sites is 2. The third-order valence-electron chi connectivity index (χ3n) is 4.41. The highest BCUT2D eigenvalue weighted by Gasteiger charge is 2.38. The fourth-order valence-corrected chi connectivity index (χ4v) is 3.21. The number of ketones is 1. The average Bonchev–Trinajstić information content (AvgIpc) is 3.13. The number of fused-ring (bicyclic) bond motifs is 1. The summed E-state index contributed by atoms with van der Waals surface area (Å²) < 4.78 is 46.1. The molecular formula is C19H18F3N3O3. The number of hydrogen-bond acceptors (Lipinski definition) is 4. The lowest BCUT2D eigenvalue weighted by Crippen LogP contribution is -2.20. The zero-order valence-electron chi connectivity index (χ0n) is 15.5. The molecule has 148 valence electrons. The van der Waals surface area contributed by atoms with Crippen molar-refractivity contribution in [2.75, 3.05) is 6.61 Å². The zero-order valence-corrected chi connectivity index (χ0v) is 15.5. The topological polar surface area (TPSA) is 77.0 Å². The first-order chi connectivity index (χ1) is 13.1. The van der Waals surface area contributed by atoms with Crippen LogP contribution in [0, 0.1) is 13.8 Å². The van der Waals surface area contributed by atoms with Gasteiger partial charge in [-0.3, -0.25) is 4.79 Å². The number of alkyl halides is 3. The van der Waals surface area contributed by atoms with E-state index in [4.69, 9.17) is 4.74 Å². The molecule has 0 saturated carbocycles. The van der Waals surface area contributed by atoms with Gasteiger partial charge in [-0.15, -0.1) is 0 Å². The number of carbonyl (C=O) groups is 2. The summed E-state index contributed by atoms with van der Waals surface area (Å²) in [5.41, 5.74) is 1.41. The maximum absolute atomic E-state index is 13.4. The molecule has 0 aliphatic carbocycles. The molecule has 0 unspecified atom stereocenters. The quantitative estimate of drug-likeness (QED) is 0.524. The Kier molecular flexibility index (Phi) is 5.01. The lowest BCUT2D eigenvalue weighted by molar-refractivity contribution is -0.146. The van der Waals surface area contributed by atoms with E-state index < -0.39 is 30.3 Å². The number of hydrogen-bond donors (Lipinski definition) is 1. The second kappa shape index (κ2) is 7.14. The highest BCUT2D eigenvalue weighted by atomic mass is 19.4. The minimum absolute atomic E-state index is 0.0754. The Morgan fingerprint density at radius 2 is 1.89 bits per heavy atom. The number of ether oxygens (including phenoxy) is 1. The third kappa shape index (κ3) is 3.39. The Balaban J connectivity index is 2.03. The number of nitrogens with zero attached hydrogens (tertiary/aromatic N) is 2. The molecule has 0 spiro atoms. The van der Waals surface area contributed by atoms with E-state index in [0.29, 0.717) is 11.3 Å². The summed E-state index contributed by atoms with van der Waals surface area (Å²) >= 11 is 0. The van der Waals surface area contributed by atoms with Crippen LogP contribution in [0.5, 0.6) is 0 Å². The number of benzene rings is 1. The molecular weight excluding hydrogens is 375 g/mol. The number of aryl methyl sites for hydroxylation is 1. The molecule has 0 fully saturated rings. The molecule has 3 rings (SSSR count). The average molecular weight is 393 g/mol. The number of rotatable bonds is 5. The summed E-state index contributed by atoms with van der Waals surface area (Å²) in [7, 11) is 0. The van der Waals surface area contributed by atoms with Crippen LogP contribution in [0.25, 0.3) is 11.0 Å². The number of aromatic nitrogens is 3. The van der Waals surface area contributed by atoms with Crippen molar-refractivity contribution in [2.45, 2.75) is 33.5 Å². The van der Waals surface area contributed by atoms with E-state index in [1.165, 1.54) is 12.1 Å². The largest absolute Gasteiger partial charge is 0.462 e. The van der Waals surface area contributed by atoms with E-state index in [1.54, 1.807) is 32.9 Å². The van der Waals surface area contributed by atoms with Gasteiger partial charge in [0.1, 0.15) is 0 Å². The molecule has 3 aromatic rings. The van der Waals surface area contributed by atoms with Crippen molar-refractivity contribution in [3.05, 3.63) is 52.6 Å². The van der Waals surface area contributed by atoms with Crippen LogP contribution in [0.1, 0.15) is 44.9 Å². The van der Waals surface area contributed by atoms with Gasteiger partial charge in [0.05, 0.1) is 35.4 Å². The Hall–Kier alpha value is -3.10. The van der Waals surface area contributed by atoms with Crippen molar-refractivity contribution in [3.8, 4) is 0 Å². The van der Waals surface area contributed by atoms with Crippen molar-refractivity contribution in [2.24, 2.45) is 0 Å². The second-order valence-electron chi connectivity index (χ2n) is 6.28. The number of halogens is 3. The van der Waals surface area contributed by atoms with E-state index in [9.17, 15) is 22.8 Å². The van der Waals surface area contributed by atoms with Crippen LogP contribution in [0.15, 0.2) is 24.3 Å². The molecule has 0 aliphatic rings. The van der Waals surface area contributed by atoms with E-state index in [0.717, 1.165) is 4.57 Å². The number of aromatic amines is 1. The van der Waals surface area contributed by atoms with Gasteiger partial charge in [-0.2, -0.15) is 13.2 Å². The number of carbonyl (C=O) groups excluding carboxylic acids is 2. The zero-order chi connectivity index (χ0) is 20.6. The van der Waals surface area contributed by atoms with Crippen LogP contribution in [0.4, 0.5) is 13.2 Å². The molecule has 0 atom stereocenters. The van der Waals surface area contributed by atoms with E-state index in [-0.39, 0.29) is 28.9 Å². The van der Waals surface area contributed by atoms with Gasteiger partial charge < -0.3 is 14.3 Å². The number of nitrogens with one attached hydrogen (secondary N) is 1. The third-order valence-corrected chi connectivity index (χ3v) is 4.41. The summed E-state index contributed by atoms with van der Waals surface area (Å²) in [5.74, 6) is -2.32. The smallest absolute Gasteiger partial charge is 0.449 e. The van der Waals surface area contributed by atoms with Crippen LogP contribution in [0.3, 0.4) is 0 Å². The van der Waals surface area contributed by atoms with E-state index in [2.05, 4.69) is 9.97 Å². The first-order valence-electron chi connectivity index (χ1n) is 8.57. The summed E-state index contributed by atoms with van der Waals surface area (Å²) in [6, 6.07) is 6.08. The molecule has 2 heterocycles. The van der Waals surface area contributed by atoms with Crippen molar-refractivity contribution >= 4 is 22.8 Å². The maximum Gasteiger partial charge on any atom is 0.449 e. The molecule has 1 N–H and O–H groups in total. The molecule has 2 aromatic heterocycles. The molecule has 0 saturated heterocycles. The Bertz CT molecular complexity index is 1060. The SMILES string of the molecule is CCOC(=O)c1c(C)[nH]c(C(=O)Cn2c(C(F)(F)F)nc3ccccc32)c1C. The van der Waals surface area contributed by atoms with Gasteiger partial charge in [-0.1, -0.05) is 12.1 Å². The molecule has 0 aliphatic heterocycles. The highest BCUT2D eigenvalue weighted by molar-refractivity contribution is 6.01. The number of Topliss-reactive ketones (excluding diaryl/α,β-unsaturated/α-hetero) is 1. The van der Waals surface area contributed by atoms with Crippen molar-refractivity contribution in [3.63, 3.8) is 0 Å². The molecule has 0 radical (unpaired) electrons. The highest BCUT2D eigenvalue weighted by Crippen LogP contribution is 2.32. The monoisotopic (exact) mass is 393 g/mol. The maximum atomic E-state index is 13.4. The molecule has 1 aromatic carbocycles. The first-order valence-corrected chi connectivity index (χ1v) is 8.57. The van der Waals surface area contributed by atoms with Crippen LogP contribution in [-0.4, -0.2) is 32.9 Å². The second-order valence-corrected chi connectivity index (χ2v) is 6.28. The fourth-order valence-electron chi connectivity index (χ4n) is 3.21. The van der Waals surface area contributed by atoms with Crippen LogP contribution < -0.4 is 0 Å². The molecule has 0 bridgehead atoms. The Morgan fingerprint density at radius 3 is 2.54 bits per heavy atom. The standard InChI is InChI=1S/C19H18F3N3O3/c1-4-28-17(27)15-10(2)16(23-11(15)3)14(26)9-25-13-8-6-5-7-12(13)24-18(25)19(20,21)22/h5-8,23H,4,9H2,1-3H3. The van der Waals surface area contributed by atoms with Gasteiger partial charge in [0.2, 0.25) is 5.82 Å². The lowest BCUT2D eigenvalue weighted by Gasteiger charge is -2.11. The lowest BCUT2D eigenvalue weighted by atomic mass is 10.1. The summed E-state index contributed by atoms with van der Waals surface area (Å²) in [4.78, 5) is 31.3. The summed E-state index contributed by atoms with van der Waals surface area (Å²) in [6.45, 7) is 4.41. The van der Waals surface area contributed by atoms with Gasteiger partial charge >= 0.3 is 12.1 Å². The molecule has 9 heteroatoms. The summed E-state index contributed by atoms with van der Waals surface area (Å²) in [6.07, 6.45) is -4.71. The van der Waals surface area contributed by atoms with Crippen molar-refractivity contribution < 1.29 is 27.5 Å². The van der Waals surface area contributed by atoms with Gasteiger partial charge in [-0.05, 0) is 38.5 Å². The van der Waals surface area contributed by atoms with Crippen LogP contribution in [0.2, 0.25) is 0 Å². The normalized spacial score (nSPS) is 11.8. The minimum Gasteiger partial charge on any atom is -0.462 e. The molecule has 6 nitrogen and oxygen atoms in total. The van der Waals surface area contributed by atoms with Crippen LogP contribution in [-0.2, 0) is 17.5 Å². The first kappa shape index (κ1) is 19.7. The van der Waals surface area contributed by atoms with Crippen molar-refractivity contribution in [1.29, 1.82) is 0 Å². The van der Waals surface area contributed by atoms with E-state index in [1.807, 2.05) is 0 Å². The molecule has 0 amide bonds. The minimum atomic E-state index is -4.71. The number of esters is 1. The van der Waals surface area contributed by atoms with Gasteiger partial charge in [0.25, 0.3) is 0 Å². The summed E-state index contributed by atoms with van der Waals surface area (Å²) in [5, 5.41) is 0. The van der Waals surface area contributed by atoms with Crippen LogP contribution >= 0.6 is 0 Å². The Labute approximate surface area is 158 Å².